The van der Waals surface area contributed by atoms with Crippen molar-refractivity contribution in [2.24, 2.45) is 7.05 Å². The Kier molecular flexibility index (Phi) is 4.16. The number of hydrogen-bond donors (Lipinski definition) is 1. The third-order valence-corrected chi connectivity index (χ3v) is 3.60. The zero-order valence-corrected chi connectivity index (χ0v) is 11.3. The maximum Gasteiger partial charge on any atom is 0.237 e. The molecule has 1 amide bonds. The zero-order valence-electron chi connectivity index (χ0n) is 10.5. The van der Waals surface area contributed by atoms with Crippen LogP contribution in [0.25, 0.3) is 0 Å². The van der Waals surface area contributed by atoms with Crippen molar-refractivity contribution in [3.8, 4) is 0 Å². The van der Waals surface area contributed by atoms with E-state index in [1.807, 2.05) is 0 Å². The molecule has 2 aromatic rings. The van der Waals surface area contributed by atoms with Crippen LogP contribution in [0.1, 0.15) is 6.92 Å². The number of nitrogens with zero attached hydrogens (tertiary/aromatic N) is 3. The molecule has 0 fully saturated rings. The van der Waals surface area contributed by atoms with E-state index in [2.05, 4.69) is 15.5 Å². The van der Waals surface area contributed by atoms with Gasteiger partial charge in [-0.2, -0.15) is 0 Å². The molecule has 0 aliphatic heterocycles. The molecule has 0 saturated carbocycles. The Hall–Kier alpha value is -1.89. The van der Waals surface area contributed by atoms with Crippen molar-refractivity contribution >= 4 is 23.4 Å². The van der Waals surface area contributed by atoms with Crippen LogP contribution in [-0.4, -0.2) is 25.9 Å². The molecule has 100 valence electrons. The number of carbonyl (C=O) groups is 1. The fourth-order valence-electron chi connectivity index (χ4n) is 1.39. The topological polar surface area (TPSA) is 59.8 Å². The van der Waals surface area contributed by atoms with E-state index in [1.165, 1.54) is 23.9 Å². The summed E-state index contributed by atoms with van der Waals surface area (Å²) in [5, 5.41) is 10.4. The van der Waals surface area contributed by atoms with Crippen molar-refractivity contribution in [1.29, 1.82) is 0 Å². The number of aromatic nitrogens is 3. The lowest BCUT2D eigenvalue weighted by molar-refractivity contribution is -0.115. The second kappa shape index (κ2) is 5.83. The summed E-state index contributed by atoms with van der Waals surface area (Å²) in [5.74, 6) is -0.732. The molecule has 5 nitrogen and oxygen atoms in total. The summed E-state index contributed by atoms with van der Waals surface area (Å²) in [6, 6.07) is 6.06. The molecule has 1 N–H and O–H groups in total. The molecule has 0 unspecified atom stereocenters. The van der Waals surface area contributed by atoms with E-state index < -0.39 is 11.1 Å². The third-order valence-electron chi connectivity index (χ3n) is 2.45. The highest BCUT2D eigenvalue weighted by Gasteiger charge is 2.18. The van der Waals surface area contributed by atoms with Gasteiger partial charge in [0.15, 0.2) is 5.16 Å². The third kappa shape index (κ3) is 3.31. The lowest BCUT2D eigenvalue weighted by Crippen LogP contribution is -2.23. The number of anilines is 1. The molecule has 1 heterocycles. The van der Waals surface area contributed by atoms with Crippen LogP contribution in [0, 0.1) is 5.82 Å². The second-order valence-electron chi connectivity index (χ2n) is 3.95. The summed E-state index contributed by atoms with van der Waals surface area (Å²) in [6.45, 7) is 1.73. The maximum absolute atomic E-state index is 13.4. The first-order chi connectivity index (χ1) is 9.08. The van der Waals surface area contributed by atoms with Crippen LogP contribution in [-0.2, 0) is 11.8 Å². The van der Waals surface area contributed by atoms with Gasteiger partial charge in [-0.15, -0.1) is 10.2 Å². The van der Waals surface area contributed by atoms with Crippen LogP contribution >= 0.6 is 11.8 Å². The minimum atomic E-state index is -0.452. The molecule has 0 radical (unpaired) electrons. The number of thioether (sulfide) groups is 1. The standard InChI is InChI=1S/C12H13FN4OS/c1-8(19-12-16-14-7-17(12)2)11(18)15-10-6-4-3-5-9(10)13/h3-8H,1-2H3,(H,15,18)/t8-/m1/s1. The van der Waals surface area contributed by atoms with Crippen molar-refractivity contribution in [2.45, 2.75) is 17.3 Å². The fraction of sp³-hybridized carbons (Fsp3) is 0.250. The molecule has 1 atom stereocenters. The van der Waals surface area contributed by atoms with Crippen LogP contribution in [0.4, 0.5) is 10.1 Å². The molecular weight excluding hydrogens is 267 g/mol. The van der Waals surface area contributed by atoms with Crippen LogP contribution in [0.2, 0.25) is 0 Å². The summed E-state index contributed by atoms with van der Waals surface area (Å²) < 4.78 is 15.1. The average molecular weight is 280 g/mol. The smallest absolute Gasteiger partial charge is 0.237 e. The highest BCUT2D eigenvalue weighted by molar-refractivity contribution is 8.00. The molecule has 0 aliphatic rings. The van der Waals surface area contributed by atoms with E-state index in [1.54, 1.807) is 37.0 Å². The molecular formula is C12H13FN4OS. The first-order valence-corrected chi connectivity index (χ1v) is 6.52. The monoisotopic (exact) mass is 280 g/mol. The van der Waals surface area contributed by atoms with Crippen LogP contribution in [0.15, 0.2) is 35.7 Å². The number of amides is 1. The Bertz CT molecular complexity index is 587. The van der Waals surface area contributed by atoms with Crippen molar-refractivity contribution < 1.29 is 9.18 Å². The molecule has 0 bridgehead atoms. The van der Waals surface area contributed by atoms with E-state index in [0.717, 1.165) is 0 Å². The van der Waals surface area contributed by atoms with E-state index in [9.17, 15) is 9.18 Å². The van der Waals surface area contributed by atoms with Gasteiger partial charge < -0.3 is 9.88 Å². The zero-order chi connectivity index (χ0) is 13.8. The van der Waals surface area contributed by atoms with Gasteiger partial charge >= 0.3 is 0 Å². The van der Waals surface area contributed by atoms with E-state index in [4.69, 9.17) is 0 Å². The molecule has 1 aromatic heterocycles. The number of halogens is 1. The normalized spacial score (nSPS) is 12.2. The molecule has 0 spiro atoms. The van der Waals surface area contributed by atoms with Gasteiger partial charge in [-0.3, -0.25) is 4.79 Å². The Balaban J connectivity index is 2.00. The van der Waals surface area contributed by atoms with Gasteiger partial charge in [-0.1, -0.05) is 23.9 Å². The van der Waals surface area contributed by atoms with Gasteiger partial charge in [0.05, 0.1) is 10.9 Å². The van der Waals surface area contributed by atoms with Crippen LogP contribution in [0.3, 0.4) is 0 Å². The predicted octanol–water partition coefficient (Wildman–Crippen LogP) is 2.07. The van der Waals surface area contributed by atoms with Crippen LogP contribution < -0.4 is 5.32 Å². The summed E-state index contributed by atoms with van der Waals surface area (Å²) in [6.07, 6.45) is 1.56. The molecule has 0 aliphatic carbocycles. The minimum Gasteiger partial charge on any atom is -0.323 e. The Morgan fingerprint density at radius 2 is 2.21 bits per heavy atom. The van der Waals surface area contributed by atoms with Gasteiger partial charge in [0.25, 0.3) is 0 Å². The molecule has 7 heteroatoms. The second-order valence-corrected chi connectivity index (χ2v) is 5.26. The SMILES string of the molecule is C[C@@H](Sc1nncn1C)C(=O)Nc1ccccc1F. The largest absolute Gasteiger partial charge is 0.323 e. The fourth-order valence-corrected chi connectivity index (χ4v) is 2.18. The summed E-state index contributed by atoms with van der Waals surface area (Å²) >= 11 is 1.26. The lowest BCUT2D eigenvalue weighted by atomic mass is 10.3. The quantitative estimate of drug-likeness (QED) is 0.871. The molecule has 2 rings (SSSR count). The maximum atomic E-state index is 13.4. The van der Waals surface area contributed by atoms with Gasteiger partial charge in [0.2, 0.25) is 5.91 Å². The molecule has 1 aromatic carbocycles. The van der Waals surface area contributed by atoms with Gasteiger partial charge in [0.1, 0.15) is 12.1 Å². The van der Waals surface area contributed by atoms with E-state index in [0.29, 0.717) is 5.16 Å². The number of benzene rings is 1. The lowest BCUT2D eigenvalue weighted by Gasteiger charge is -2.11. The number of rotatable bonds is 4. The van der Waals surface area contributed by atoms with Gasteiger partial charge in [-0.25, -0.2) is 4.39 Å². The van der Waals surface area contributed by atoms with Crippen molar-refractivity contribution in [3.63, 3.8) is 0 Å². The highest BCUT2D eigenvalue weighted by Crippen LogP contribution is 2.22. The predicted molar refractivity (Wildman–Crippen MR) is 71.4 cm³/mol. The van der Waals surface area contributed by atoms with Crippen LogP contribution in [0.5, 0.6) is 0 Å². The Labute approximate surface area is 114 Å². The van der Waals surface area contributed by atoms with Gasteiger partial charge in [-0.05, 0) is 19.1 Å². The average Bonchev–Trinajstić information content (AvgIpc) is 2.78. The Morgan fingerprint density at radius 1 is 1.47 bits per heavy atom. The van der Waals surface area contributed by atoms with Crippen molar-refractivity contribution in [2.75, 3.05) is 5.32 Å². The highest BCUT2D eigenvalue weighted by atomic mass is 32.2. The molecule has 19 heavy (non-hydrogen) atoms. The minimum absolute atomic E-state index is 0.179. The number of nitrogens with one attached hydrogen (secondary N) is 1. The molecule has 0 saturated heterocycles. The van der Waals surface area contributed by atoms with Crippen molar-refractivity contribution in [1.82, 2.24) is 14.8 Å². The summed E-state index contributed by atoms with van der Waals surface area (Å²) in [7, 11) is 1.80. The van der Waals surface area contributed by atoms with E-state index in [-0.39, 0.29) is 11.6 Å². The summed E-state index contributed by atoms with van der Waals surface area (Å²) in [5.41, 5.74) is 0.179. The number of para-hydroxylation sites is 1. The van der Waals surface area contributed by atoms with E-state index >= 15 is 0 Å². The number of carbonyl (C=O) groups excluding carboxylic acids is 1. The number of hydrogen-bond acceptors (Lipinski definition) is 4. The first kappa shape index (κ1) is 13.5. The summed E-state index contributed by atoms with van der Waals surface area (Å²) in [4.78, 5) is 11.9. The first-order valence-electron chi connectivity index (χ1n) is 5.64. The number of aryl methyl sites for hydroxylation is 1. The Morgan fingerprint density at radius 3 is 2.84 bits per heavy atom. The van der Waals surface area contributed by atoms with Crippen molar-refractivity contribution in [3.05, 3.63) is 36.4 Å². The van der Waals surface area contributed by atoms with Gasteiger partial charge in [0, 0.05) is 7.05 Å².